The zero-order valence-corrected chi connectivity index (χ0v) is 17.3. The zero-order valence-electron chi connectivity index (χ0n) is 15.7. The molecule has 1 aromatic heterocycles. The summed E-state index contributed by atoms with van der Waals surface area (Å²) in [6.45, 7) is 3.53. The summed E-state index contributed by atoms with van der Waals surface area (Å²) in [6, 6.07) is 11.2. The Morgan fingerprint density at radius 3 is 2.61 bits per heavy atom. The van der Waals surface area contributed by atoms with Gasteiger partial charge in [0.1, 0.15) is 4.90 Å². The molecule has 6 nitrogen and oxygen atoms in total. The number of thioether (sulfide) groups is 1. The Bertz CT molecular complexity index is 958. The van der Waals surface area contributed by atoms with E-state index in [4.69, 9.17) is 0 Å². The first-order chi connectivity index (χ1) is 13.5. The predicted molar refractivity (Wildman–Crippen MR) is 110 cm³/mol. The Kier molecular flexibility index (Phi) is 5.44. The molecule has 1 atom stereocenters. The van der Waals surface area contributed by atoms with E-state index in [1.807, 2.05) is 23.1 Å². The molecule has 8 heteroatoms. The number of pyridine rings is 1. The molecule has 1 saturated heterocycles. The number of anilines is 1. The minimum Gasteiger partial charge on any atom is -0.310 e. The number of sulfonamides is 1. The number of carbonyl (C=O) groups is 1. The van der Waals surface area contributed by atoms with E-state index in [9.17, 15) is 13.2 Å². The second-order valence-electron chi connectivity index (χ2n) is 7.21. The quantitative estimate of drug-likeness (QED) is 0.768. The molecule has 2 aliphatic heterocycles. The summed E-state index contributed by atoms with van der Waals surface area (Å²) in [5.41, 5.74) is 0.973. The lowest BCUT2D eigenvalue weighted by Gasteiger charge is -2.37. The van der Waals surface area contributed by atoms with Crippen LogP contribution < -0.4 is 4.90 Å². The van der Waals surface area contributed by atoms with Crippen LogP contribution in [0.25, 0.3) is 0 Å². The van der Waals surface area contributed by atoms with Gasteiger partial charge in [-0.3, -0.25) is 9.78 Å². The van der Waals surface area contributed by atoms with E-state index in [1.165, 1.54) is 10.5 Å². The number of hydrogen-bond acceptors (Lipinski definition) is 5. The predicted octanol–water partition coefficient (Wildman–Crippen LogP) is 3.01. The van der Waals surface area contributed by atoms with Crippen molar-refractivity contribution in [1.29, 1.82) is 0 Å². The largest absolute Gasteiger partial charge is 0.310 e. The maximum absolute atomic E-state index is 13.2. The Hall–Kier alpha value is -1.90. The topological polar surface area (TPSA) is 70.6 Å². The van der Waals surface area contributed by atoms with Crippen molar-refractivity contribution in [2.24, 2.45) is 5.92 Å². The van der Waals surface area contributed by atoms with Gasteiger partial charge in [-0.2, -0.15) is 4.31 Å². The van der Waals surface area contributed by atoms with Gasteiger partial charge >= 0.3 is 0 Å². The van der Waals surface area contributed by atoms with Crippen molar-refractivity contribution in [3.8, 4) is 0 Å². The maximum atomic E-state index is 13.2. The van der Waals surface area contributed by atoms with Gasteiger partial charge in [0, 0.05) is 48.1 Å². The second-order valence-corrected chi connectivity index (χ2v) is 10.6. The van der Waals surface area contributed by atoms with Crippen molar-refractivity contribution in [2.45, 2.75) is 34.8 Å². The number of carbonyl (C=O) groups excluding carboxylic acids is 1. The number of hydrogen-bond donors (Lipinski definition) is 0. The van der Waals surface area contributed by atoms with Crippen LogP contribution in [0.5, 0.6) is 0 Å². The average molecular weight is 418 g/mol. The van der Waals surface area contributed by atoms with Crippen LogP contribution in [-0.4, -0.2) is 48.5 Å². The van der Waals surface area contributed by atoms with Gasteiger partial charge in [0.25, 0.3) is 0 Å². The molecule has 2 aliphatic rings. The molecule has 0 aliphatic carbocycles. The van der Waals surface area contributed by atoms with Crippen molar-refractivity contribution >= 4 is 33.4 Å². The smallest absolute Gasteiger partial charge is 0.244 e. The summed E-state index contributed by atoms with van der Waals surface area (Å²) in [5.74, 6) is -0.0401. The van der Waals surface area contributed by atoms with Gasteiger partial charge in [-0.15, -0.1) is 11.8 Å². The molecule has 0 spiro atoms. The highest BCUT2D eigenvalue weighted by atomic mass is 32.2. The third kappa shape index (κ3) is 3.68. The second kappa shape index (κ2) is 7.85. The molecule has 0 radical (unpaired) electrons. The SMILES string of the molecule is C[C@H]1CN(C(=O)C2CCN(S(=O)(=O)c3cccnc3)CC2)c2ccccc2S1. The maximum Gasteiger partial charge on any atom is 0.244 e. The number of benzene rings is 1. The number of amides is 1. The lowest BCUT2D eigenvalue weighted by molar-refractivity contribution is -0.123. The van der Waals surface area contributed by atoms with E-state index in [1.54, 1.807) is 30.1 Å². The molecule has 1 amide bonds. The standard InChI is InChI=1S/C20H23N3O3S2/c1-15-14-23(18-6-2-3-7-19(18)27-15)20(24)16-8-11-22(12-9-16)28(25,26)17-5-4-10-21-13-17/h2-7,10,13,15-16H,8-9,11-12,14H2,1H3/t15-/m0/s1. The van der Waals surface area contributed by atoms with Crippen LogP contribution in [0, 0.1) is 5.92 Å². The van der Waals surface area contributed by atoms with E-state index in [0.717, 1.165) is 10.6 Å². The Morgan fingerprint density at radius 2 is 1.89 bits per heavy atom. The summed E-state index contributed by atoms with van der Waals surface area (Å²) in [7, 11) is -3.55. The molecule has 4 rings (SSSR count). The molecule has 148 valence electrons. The van der Waals surface area contributed by atoms with E-state index in [0.29, 0.717) is 37.7 Å². The molecular weight excluding hydrogens is 394 g/mol. The number of aromatic nitrogens is 1. The van der Waals surface area contributed by atoms with Crippen LogP contribution in [0.3, 0.4) is 0 Å². The summed E-state index contributed by atoms with van der Waals surface area (Å²) in [5, 5.41) is 0.338. The average Bonchev–Trinajstić information content (AvgIpc) is 2.73. The fraction of sp³-hybridized carbons (Fsp3) is 0.400. The summed E-state index contributed by atoms with van der Waals surface area (Å²) in [4.78, 5) is 20.4. The molecule has 0 N–H and O–H groups in total. The number of piperidine rings is 1. The normalized spacial score (nSPS) is 21.3. The number of rotatable bonds is 3. The van der Waals surface area contributed by atoms with Gasteiger partial charge in [0.05, 0.1) is 5.69 Å². The van der Waals surface area contributed by atoms with Crippen molar-refractivity contribution in [3.05, 3.63) is 48.8 Å². The first kappa shape index (κ1) is 19.4. The van der Waals surface area contributed by atoms with Crippen LogP contribution >= 0.6 is 11.8 Å². The molecule has 1 aromatic carbocycles. The minimum absolute atomic E-state index is 0.109. The Morgan fingerprint density at radius 1 is 1.14 bits per heavy atom. The molecular formula is C20H23N3O3S2. The number of para-hydroxylation sites is 1. The van der Waals surface area contributed by atoms with Crippen LogP contribution in [-0.2, 0) is 14.8 Å². The summed E-state index contributed by atoms with van der Waals surface area (Å²) in [6.07, 6.45) is 4.01. The highest BCUT2D eigenvalue weighted by Crippen LogP contribution is 2.39. The highest BCUT2D eigenvalue weighted by molar-refractivity contribution is 8.00. The van der Waals surface area contributed by atoms with E-state index in [2.05, 4.69) is 18.0 Å². The molecule has 0 bridgehead atoms. The van der Waals surface area contributed by atoms with Gasteiger partial charge in [-0.25, -0.2) is 8.42 Å². The molecule has 3 heterocycles. The zero-order chi connectivity index (χ0) is 19.7. The van der Waals surface area contributed by atoms with Gasteiger partial charge in [0.15, 0.2) is 0 Å². The summed E-state index contributed by atoms with van der Waals surface area (Å²) >= 11 is 1.79. The van der Waals surface area contributed by atoms with Crippen LogP contribution in [0.2, 0.25) is 0 Å². The van der Waals surface area contributed by atoms with Gasteiger partial charge in [-0.05, 0) is 37.1 Å². The van der Waals surface area contributed by atoms with E-state index < -0.39 is 10.0 Å². The van der Waals surface area contributed by atoms with Crippen molar-refractivity contribution in [2.75, 3.05) is 24.5 Å². The number of nitrogens with zero attached hydrogens (tertiary/aromatic N) is 3. The van der Waals surface area contributed by atoms with Gasteiger partial charge in [0.2, 0.25) is 15.9 Å². The van der Waals surface area contributed by atoms with Crippen molar-refractivity contribution < 1.29 is 13.2 Å². The highest BCUT2D eigenvalue weighted by Gasteiger charge is 2.36. The first-order valence-electron chi connectivity index (χ1n) is 9.44. The first-order valence-corrected chi connectivity index (χ1v) is 11.8. The third-order valence-corrected chi connectivity index (χ3v) is 8.30. The molecule has 0 unspecified atom stereocenters. The van der Waals surface area contributed by atoms with Gasteiger partial charge in [-0.1, -0.05) is 19.1 Å². The molecule has 1 fully saturated rings. The lowest BCUT2D eigenvalue weighted by Crippen LogP contribution is -2.46. The Balaban J connectivity index is 1.47. The molecule has 2 aromatic rings. The minimum atomic E-state index is -3.55. The monoisotopic (exact) mass is 417 g/mol. The summed E-state index contributed by atoms with van der Waals surface area (Å²) < 4.78 is 27.0. The van der Waals surface area contributed by atoms with Crippen molar-refractivity contribution in [3.63, 3.8) is 0 Å². The van der Waals surface area contributed by atoms with Gasteiger partial charge < -0.3 is 4.90 Å². The fourth-order valence-corrected chi connectivity index (χ4v) is 6.36. The fourth-order valence-electron chi connectivity index (χ4n) is 3.81. The van der Waals surface area contributed by atoms with Crippen LogP contribution in [0.4, 0.5) is 5.69 Å². The van der Waals surface area contributed by atoms with Crippen molar-refractivity contribution in [1.82, 2.24) is 9.29 Å². The molecule has 28 heavy (non-hydrogen) atoms. The number of fused-ring (bicyclic) bond motifs is 1. The van der Waals surface area contributed by atoms with E-state index in [-0.39, 0.29) is 16.7 Å². The van der Waals surface area contributed by atoms with Crippen LogP contribution in [0.1, 0.15) is 19.8 Å². The Labute approximate surface area is 170 Å². The lowest BCUT2D eigenvalue weighted by atomic mass is 9.96. The third-order valence-electron chi connectivity index (χ3n) is 5.27. The van der Waals surface area contributed by atoms with E-state index >= 15 is 0 Å². The van der Waals surface area contributed by atoms with Crippen LogP contribution in [0.15, 0.2) is 58.6 Å². The molecule has 0 saturated carbocycles.